The molecule has 0 bridgehead atoms. The van der Waals surface area contributed by atoms with E-state index in [0.29, 0.717) is 12.6 Å². The first-order valence-corrected chi connectivity index (χ1v) is 12.9. The van der Waals surface area contributed by atoms with Gasteiger partial charge in [-0.2, -0.15) is 5.10 Å². The second-order valence-corrected chi connectivity index (χ2v) is 11.7. The van der Waals surface area contributed by atoms with Gasteiger partial charge in [0.1, 0.15) is 9.84 Å². The summed E-state index contributed by atoms with van der Waals surface area (Å²) in [5.74, 6) is 0.105. The highest BCUT2D eigenvalue weighted by molar-refractivity contribution is 7.90. The molecule has 0 saturated carbocycles. The summed E-state index contributed by atoms with van der Waals surface area (Å²) in [6.07, 6.45) is 9.02. The van der Waals surface area contributed by atoms with Gasteiger partial charge in [-0.1, -0.05) is 6.92 Å². The van der Waals surface area contributed by atoms with Crippen molar-refractivity contribution in [3.05, 3.63) is 39.3 Å². The molecule has 6 nitrogen and oxygen atoms in total. The molecule has 0 aromatic carbocycles. The molecule has 1 spiro atoms. The Labute approximate surface area is 171 Å². The van der Waals surface area contributed by atoms with Crippen molar-refractivity contribution in [2.24, 2.45) is 0 Å². The van der Waals surface area contributed by atoms with Crippen molar-refractivity contribution in [2.75, 3.05) is 18.6 Å². The first kappa shape index (κ1) is 20.1. The largest absolute Gasteiger partial charge is 0.370 e. The van der Waals surface area contributed by atoms with Crippen molar-refractivity contribution in [1.82, 2.24) is 15.1 Å². The monoisotopic (exact) mass is 423 g/mol. The van der Waals surface area contributed by atoms with Crippen LogP contribution in [-0.2, 0) is 39.6 Å². The van der Waals surface area contributed by atoms with E-state index < -0.39 is 9.84 Å². The second-order valence-electron chi connectivity index (χ2n) is 8.19. The molecule has 0 aliphatic carbocycles. The highest BCUT2D eigenvalue weighted by Gasteiger charge is 2.45. The Kier molecular flexibility index (Phi) is 5.41. The van der Waals surface area contributed by atoms with Crippen LogP contribution in [0.15, 0.2) is 18.5 Å². The number of sulfone groups is 1. The van der Waals surface area contributed by atoms with Gasteiger partial charge in [0, 0.05) is 52.7 Å². The number of fused-ring (bicyclic) bond motifs is 2. The van der Waals surface area contributed by atoms with Crippen LogP contribution >= 0.6 is 11.3 Å². The van der Waals surface area contributed by atoms with E-state index >= 15 is 0 Å². The first-order chi connectivity index (χ1) is 13.3. The van der Waals surface area contributed by atoms with Crippen molar-refractivity contribution < 1.29 is 13.2 Å². The molecular weight excluding hydrogens is 394 g/mol. The number of nitrogens with zero attached hydrogens (tertiary/aromatic N) is 2. The van der Waals surface area contributed by atoms with E-state index in [1.165, 1.54) is 21.6 Å². The fourth-order valence-corrected chi connectivity index (χ4v) is 6.21. The minimum Gasteiger partial charge on any atom is -0.370 e. The van der Waals surface area contributed by atoms with Gasteiger partial charge in [0.15, 0.2) is 0 Å². The van der Waals surface area contributed by atoms with E-state index in [-0.39, 0.29) is 17.4 Å². The van der Waals surface area contributed by atoms with Crippen LogP contribution in [0.4, 0.5) is 0 Å². The van der Waals surface area contributed by atoms with Gasteiger partial charge < -0.3 is 10.1 Å². The Bertz CT molecular complexity index is 950. The number of aryl methyl sites for hydroxylation is 2. The fraction of sp³-hybridized carbons (Fsp3) is 0.650. The van der Waals surface area contributed by atoms with Crippen LogP contribution in [-0.4, -0.2) is 42.9 Å². The maximum absolute atomic E-state index is 11.4. The maximum atomic E-state index is 11.4. The third-order valence-electron chi connectivity index (χ3n) is 5.81. The van der Waals surface area contributed by atoms with Crippen LogP contribution in [0.1, 0.15) is 53.6 Å². The third kappa shape index (κ3) is 4.06. The fourth-order valence-electron chi connectivity index (χ4n) is 4.51. The molecule has 1 N–H and O–H groups in total. The Balaban J connectivity index is 1.58. The lowest BCUT2D eigenvalue weighted by atomic mass is 9.76. The Morgan fingerprint density at radius 2 is 2.25 bits per heavy atom. The lowest BCUT2D eigenvalue weighted by molar-refractivity contribution is -0.0975. The van der Waals surface area contributed by atoms with E-state index in [9.17, 15) is 8.42 Å². The van der Waals surface area contributed by atoms with Crippen LogP contribution in [0, 0.1) is 0 Å². The molecule has 0 radical (unpaired) electrons. The first-order valence-electron chi connectivity index (χ1n) is 10.00. The molecule has 4 heterocycles. The summed E-state index contributed by atoms with van der Waals surface area (Å²) in [6.45, 7) is 5.59. The summed E-state index contributed by atoms with van der Waals surface area (Å²) >= 11 is 1.94. The standard InChI is InChI=1S/C20H29N3O3S2/c1-4-16-9-17-19(27-16)5-7-26-20(17)10-14(2)22-18(11-20)15-12-21-23(13-15)6-8-28(3,24)25/h9,12-14,18,22H,4-8,10-11H2,1-3H3/t14-,18-,20-/m0/s1. The molecule has 1 fully saturated rings. The zero-order chi connectivity index (χ0) is 19.9. The van der Waals surface area contributed by atoms with Gasteiger partial charge >= 0.3 is 0 Å². The summed E-state index contributed by atoms with van der Waals surface area (Å²) in [6, 6.07) is 2.84. The van der Waals surface area contributed by atoms with Gasteiger partial charge in [0.2, 0.25) is 0 Å². The SMILES string of the molecule is CCc1cc2c(s1)CCO[C@@]21C[C@@H](c2cnn(CCS(C)(=O)=O)c2)N[C@@H](C)C1. The van der Waals surface area contributed by atoms with E-state index in [4.69, 9.17) is 4.74 Å². The molecule has 4 rings (SSSR count). The molecule has 0 unspecified atom stereocenters. The topological polar surface area (TPSA) is 73.2 Å². The van der Waals surface area contributed by atoms with Crippen LogP contribution in [0.5, 0.6) is 0 Å². The van der Waals surface area contributed by atoms with E-state index in [1.54, 1.807) is 4.68 Å². The average molecular weight is 424 g/mol. The lowest BCUT2D eigenvalue weighted by Gasteiger charge is -2.46. The van der Waals surface area contributed by atoms with Gasteiger partial charge in [-0.15, -0.1) is 11.3 Å². The molecule has 2 aliphatic heterocycles. The third-order valence-corrected chi connectivity index (χ3v) is 8.07. The van der Waals surface area contributed by atoms with Crippen LogP contribution in [0.25, 0.3) is 0 Å². The van der Waals surface area contributed by atoms with Crippen molar-refractivity contribution in [1.29, 1.82) is 0 Å². The predicted octanol–water partition coefficient (Wildman–Crippen LogP) is 2.83. The molecule has 0 amide bonds. The lowest BCUT2D eigenvalue weighted by Crippen LogP contribution is -2.49. The molecule has 8 heteroatoms. The van der Waals surface area contributed by atoms with E-state index in [0.717, 1.165) is 37.9 Å². The number of nitrogens with one attached hydrogen (secondary N) is 1. The second kappa shape index (κ2) is 7.55. The van der Waals surface area contributed by atoms with Crippen LogP contribution in [0.2, 0.25) is 0 Å². The van der Waals surface area contributed by atoms with Crippen molar-refractivity contribution >= 4 is 21.2 Å². The number of hydrogen-bond donors (Lipinski definition) is 1. The molecule has 1 saturated heterocycles. The Morgan fingerprint density at radius 3 is 3.00 bits per heavy atom. The Hall–Kier alpha value is -1.22. The number of hydrogen-bond acceptors (Lipinski definition) is 6. The van der Waals surface area contributed by atoms with Gasteiger partial charge in [0.05, 0.1) is 30.7 Å². The number of ether oxygens (including phenoxy) is 1. The summed E-state index contributed by atoms with van der Waals surface area (Å²) in [5, 5.41) is 8.08. The predicted molar refractivity (Wildman–Crippen MR) is 112 cm³/mol. The average Bonchev–Trinajstić information content (AvgIpc) is 3.26. The quantitative estimate of drug-likeness (QED) is 0.801. The molecule has 28 heavy (non-hydrogen) atoms. The highest BCUT2D eigenvalue weighted by atomic mass is 32.2. The van der Waals surface area contributed by atoms with Crippen LogP contribution in [0.3, 0.4) is 0 Å². The molecule has 2 aromatic rings. The van der Waals surface area contributed by atoms with E-state index in [2.05, 4.69) is 30.3 Å². The molecule has 154 valence electrons. The van der Waals surface area contributed by atoms with Crippen molar-refractivity contribution in [3.8, 4) is 0 Å². The smallest absolute Gasteiger partial charge is 0.149 e. The number of rotatable bonds is 5. The Morgan fingerprint density at radius 1 is 1.43 bits per heavy atom. The van der Waals surface area contributed by atoms with Crippen molar-refractivity contribution in [3.63, 3.8) is 0 Å². The van der Waals surface area contributed by atoms with Gasteiger partial charge in [0.25, 0.3) is 0 Å². The number of thiophene rings is 1. The maximum Gasteiger partial charge on any atom is 0.149 e. The minimum absolute atomic E-state index is 0.105. The molecule has 2 aromatic heterocycles. The number of piperidine rings is 1. The zero-order valence-electron chi connectivity index (χ0n) is 16.8. The molecular formula is C20H29N3O3S2. The van der Waals surface area contributed by atoms with Gasteiger partial charge in [-0.25, -0.2) is 8.42 Å². The van der Waals surface area contributed by atoms with Crippen LogP contribution < -0.4 is 5.32 Å². The summed E-state index contributed by atoms with van der Waals surface area (Å²) < 4.78 is 31.1. The van der Waals surface area contributed by atoms with Crippen molar-refractivity contribution in [2.45, 2.75) is 63.8 Å². The molecule has 3 atom stereocenters. The molecule has 2 aliphatic rings. The minimum atomic E-state index is -3.00. The summed E-state index contributed by atoms with van der Waals surface area (Å²) in [4.78, 5) is 2.92. The number of aromatic nitrogens is 2. The normalized spacial score (nSPS) is 27.8. The van der Waals surface area contributed by atoms with Gasteiger partial charge in [-0.05, 0) is 31.4 Å². The zero-order valence-corrected chi connectivity index (χ0v) is 18.4. The van der Waals surface area contributed by atoms with Gasteiger partial charge in [-0.3, -0.25) is 4.68 Å². The summed E-state index contributed by atoms with van der Waals surface area (Å²) in [7, 11) is -3.00. The van der Waals surface area contributed by atoms with E-state index in [1.807, 2.05) is 23.7 Å². The summed E-state index contributed by atoms with van der Waals surface area (Å²) in [5.41, 5.74) is 2.26. The highest BCUT2D eigenvalue weighted by Crippen LogP contribution is 2.48.